The van der Waals surface area contributed by atoms with Gasteiger partial charge in [0.25, 0.3) is 0 Å². The monoisotopic (exact) mass is 1140 g/mol. The van der Waals surface area contributed by atoms with Gasteiger partial charge in [0.15, 0.2) is 6.10 Å². The molecule has 6 heteroatoms. The molecule has 0 spiro atoms. The fraction of sp³-hybridized carbons (Fsp3) is 0.697. The summed E-state index contributed by atoms with van der Waals surface area (Å²) in [5.41, 5.74) is 0. The Morgan fingerprint density at radius 3 is 0.768 bits per heavy atom. The fourth-order valence-corrected chi connectivity index (χ4v) is 9.55. The Morgan fingerprint density at radius 2 is 0.476 bits per heavy atom. The molecule has 0 amide bonds. The van der Waals surface area contributed by atoms with Gasteiger partial charge in [0, 0.05) is 19.3 Å². The molecule has 0 bridgehead atoms. The van der Waals surface area contributed by atoms with Crippen molar-refractivity contribution < 1.29 is 28.6 Å². The van der Waals surface area contributed by atoms with Crippen molar-refractivity contribution in [1.29, 1.82) is 0 Å². The zero-order chi connectivity index (χ0) is 59.2. The standard InChI is InChI=1S/C76H128O6/c1-4-7-10-13-16-19-22-25-28-31-33-34-35-36-37-38-39-40-41-42-44-45-48-51-54-57-60-63-66-69-75(78)81-72-73(71-80-74(77)68-65-62-59-56-53-50-47-30-27-24-21-18-15-12-9-6-3)82-76(79)70-67-64-61-58-55-52-49-46-43-32-29-26-23-20-17-14-11-8-5-2/h7,10,16-17,19-20,25-26,28-29,33-34,36-37,39-40,42,44,48,51,73H,4-6,8-9,11-15,18,21-24,27,30-32,35,38,41,43,45-47,49-50,52-72H2,1-3H3/b10-7-,19-16-,20-17-,28-25-,29-26-,34-33-,37-36-,40-39-,44-42-,51-48-. The van der Waals surface area contributed by atoms with Gasteiger partial charge in [-0.05, 0) is 116 Å². The lowest BCUT2D eigenvalue weighted by Gasteiger charge is -2.18. The highest BCUT2D eigenvalue weighted by Crippen LogP contribution is 2.17. The van der Waals surface area contributed by atoms with Gasteiger partial charge in [-0.15, -0.1) is 0 Å². The van der Waals surface area contributed by atoms with Gasteiger partial charge in [0.05, 0.1) is 0 Å². The van der Waals surface area contributed by atoms with Crippen molar-refractivity contribution in [3.8, 4) is 0 Å². The molecule has 0 aromatic rings. The van der Waals surface area contributed by atoms with Crippen LogP contribution in [0.4, 0.5) is 0 Å². The average molecular weight is 1140 g/mol. The van der Waals surface area contributed by atoms with Crippen LogP contribution < -0.4 is 0 Å². The highest BCUT2D eigenvalue weighted by Gasteiger charge is 2.19. The van der Waals surface area contributed by atoms with Gasteiger partial charge in [-0.25, -0.2) is 0 Å². The van der Waals surface area contributed by atoms with Crippen LogP contribution in [0.5, 0.6) is 0 Å². The third-order valence-corrected chi connectivity index (χ3v) is 14.7. The van der Waals surface area contributed by atoms with E-state index in [9.17, 15) is 14.4 Å². The Balaban J connectivity index is 4.41. The second kappa shape index (κ2) is 69.3. The fourth-order valence-electron chi connectivity index (χ4n) is 9.55. The Bertz CT molecular complexity index is 1690. The molecule has 6 nitrogen and oxygen atoms in total. The largest absolute Gasteiger partial charge is 0.462 e. The van der Waals surface area contributed by atoms with Crippen LogP contribution in [0.3, 0.4) is 0 Å². The summed E-state index contributed by atoms with van der Waals surface area (Å²) in [6.45, 7) is 6.51. The quantitative estimate of drug-likeness (QED) is 0.0261. The molecule has 0 saturated heterocycles. The van der Waals surface area contributed by atoms with E-state index in [2.05, 4.69) is 142 Å². The molecule has 0 N–H and O–H groups in total. The van der Waals surface area contributed by atoms with Gasteiger partial charge >= 0.3 is 17.9 Å². The van der Waals surface area contributed by atoms with E-state index in [0.717, 1.165) is 128 Å². The molecule has 0 fully saturated rings. The van der Waals surface area contributed by atoms with E-state index < -0.39 is 6.10 Å². The number of allylic oxidation sites excluding steroid dienone is 20. The zero-order valence-electron chi connectivity index (χ0n) is 53.7. The maximum absolute atomic E-state index is 12.9. The highest BCUT2D eigenvalue weighted by atomic mass is 16.6. The number of unbranched alkanes of at least 4 members (excludes halogenated alkanes) is 31. The SMILES string of the molecule is CC/C=C\C/C=C\C/C=C\C/C=C\C/C=C\C/C=C\C/C=C\C/C=C\CCCCCCC(=O)OCC(COC(=O)CCCCCCCCCCCCCCCCCC)OC(=O)CCCCCCCCCCC/C=C\C/C=C\CCCCC. The maximum Gasteiger partial charge on any atom is 0.306 e. The van der Waals surface area contributed by atoms with E-state index in [4.69, 9.17) is 14.2 Å². The number of carbonyl (C=O) groups is 3. The number of hydrogen-bond acceptors (Lipinski definition) is 6. The Morgan fingerprint density at radius 1 is 0.256 bits per heavy atom. The second-order valence-electron chi connectivity index (χ2n) is 22.7. The molecule has 0 aliphatic rings. The van der Waals surface area contributed by atoms with E-state index in [1.165, 1.54) is 154 Å². The molecular formula is C76H128O6. The van der Waals surface area contributed by atoms with Crippen LogP contribution >= 0.6 is 0 Å². The summed E-state index contributed by atoms with van der Waals surface area (Å²) < 4.78 is 17.0. The third kappa shape index (κ3) is 66.6. The number of esters is 3. The van der Waals surface area contributed by atoms with Gasteiger partial charge in [0.2, 0.25) is 0 Å². The second-order valence-corrected chi connectivity index (χ2v) is 22.7. The molecule has 0 aliphatic carbocycles. The summed E-state index contributed by atoms with van der Waals surface area (Å²) in [4.78, 5) is 38.4. The Labute approximate surface area is 507 Å². The van der Waals surface area contributed by atoms with Crippen molar-refractivity contribution in [3.05, 3.63) is 122 Å². The van der Waals surface area contributed by atoms with Crippen molar-refractivity contribution >= 4 is 17.9 Å². The first-order valence-corrected chi connectivity index (χ1v) is 34.5. The van der Waals surface area contributed by atoms with Crippen LogP contribution in [0.2, 0.25) is 0 Å². The summed E-state index contributed by atoms with van der Waals surface area (Å²) in [7, 11) is 0. The summed E-state index contributed by atoms with van der Waals surface area (Å²) in [6, 6.07) is 0. The first-order valence-electron chi connectivity index (χ1n) is 34.5. The lowest BCUT2D eigenvalue weighted by Crippen LogP contribution is -2.30. The minimum Gasteiger partial charge on any atom is -0.462 e. The van der Waals surface area contributed by atoms with Crippen LogP contribution in [-0.2, 0) is 28.6 Å². The summed E-state index contributed by atoms with van der Waals surface area (Å²) >= 11 is 0. The topological polar surface area (TPSA) is 78.9 Å². The smallest absolute Gasteiger partial charge is 0.306 e. The van der Waals surface area contributed by atoms with E-state index in [0.29, 0.717) is 19.3 Å². The Kier molecular flexibility index (Phi) is 65.8. The lowest BCUT2D eigenvalue weighted by atomic mass is 10.0. The molecular weight excluding hydrogens is 1010 g/mol. The molecule has 468 valence electrons. The third-order valence-electron chi connectivity index (χ3n) is 14.7. The molecule has 0 saturated carbocycles. The summed E-state index contributed by atoms with van der Waals surface area (Å²) in [6.07, 6.45) is 96.3. The van der Waals surface area contributed by atoms with Crippen molar-refractivity contribution in [2.24, 2.45) is 0 Å². The van der Waals surface area contributed by atoms with E-state index in [-0.39, 0.29) is 31.1 Å². The van der Waals surface area contributed by atoms with Gasteiger partial charge in [-0.2, -0.15) is 0 Å². The van der Waals surface area contributed by atoms with Crippen LogP contribution in [0.1, 0.15) is 323 Å². The summed E-state index contributed by atoms with van der Waals surface area (Å²) in [5.74, 6) is -0.906. The van der Waals surface area contributed by atoms with E-state index >= 15 is 0 Å². The lowest BCUT2D eigenvalue weighted by molar-refractivity contribution is -0.167. The number of rotatable bonds is 62. The van der Waals surface area contributed by atoms with Gasteiger partial charge < -0.3 is 14.2 Å². The van der Waals surface area contributed by atoms with Gasteiger partial charge in [-0.3, -0.25) is 14.4 Å². The van der Waals surface area contributed by atoms with Crippen LogP contribution in [-0.4, -0.2) is 37.2 Å². The van der Waals surface area contributed by atoms with Crippen molar-refractivity contribution in [1.82, 2.24) is 0 Å². The Hall–Kier alpha value is -4.19. The number of hydrogen-bond donors (Lipinski definition) is 0. The van der Waals surface area contributed by atoms with Crippen LogP contribution in [0.15, 0.2) is 122 Å². The first-order chi connectivity index (χ1) is 40.5. The molecule has 0 radical (unpaired) electrons. The minimum atomic E-state index is -0.794. The molecule has 0 aromatic carbocycles. The number of ether oxygens (including phenoxy) is 3. The van der Waals surface area contributed by atoms with Crippen molar-refractivity contribution in [2.45, 2.75) is 329 Å². The van der Waals surface area contributed by atoms with Crippen LogP contribution in [0.25, 0.3) is 0 Å². The predicted octanol–water partition coefficient (Wildman–Crippen LogP) is 23.9. The average Bonchev–Trinajstić information content (AvgIpc) is 3.47. The van der Waals surface area contributed by atoms with E-state index in [1.807, 2.05) is 0 Å². The molecule has 82 heavy (non-hydrogen) atoms. The molecule has 0 aromatic heterocycles. The highest BCUT2D eigenvalue weighted by molar-refractivity contribution is 5.71. The maximum atomic E-state index is 12.9. The molecule has 0 rings (SSSR count). The molecule has 0 aliphatic heterocycles. The van der Waals surface area contributed by atoms with Crippen LogP contribution in [0, 0.1) is 0 Å². The van der Waals surface area contributed by atoms with Crippen molar-refractivity contribution in [3.63, 3.8) is 0 Å². The minimum absolute atomic E-state index is 0.0870. The number of carbonyl (C=O) groups excluding carboxylic acids is 3. The molecule has 1 atom stereocenters. The van der Waals surface area contributed by atoms with E-state index in [1.54, 1.807) is 0 Å². The summed E-state index contributed by atoms with van der Waals surface area (Å²) in [5, 5.41) is 0. The molecule has 1 unspecified atom stereocenters. The predicted molar refractivity (Wildman–Crippen MR) is 357 cm³/mol. The normalized spacial score (nSPS) is 12.9. The van der Waals surface area contributed by atoms with Crippen molar-refractivity contribution in [2.75, 3.05) is 13.2 Å². The van der Waals surface area contributed by atoms with Gasteiger partial charge in [-0.1, -0.05) is 309 Å². The first kappa shape index (κ1) is 77.8. The van der Waals surface area contributed by atoms with Gasteiger partial charge in [0.1, 0.15) is 13.2 Å². The zero-order valence-corrected chi connectivity index (χ0v) is 53.7. The molecule has 0 heterocycles.